The maximum Gasteiger partial charge on any atom is 0.368 e. The second kappa shape index (κ2) is 4.56. The fraction of sp³-hybridized carbons (Fsp3) is 0.143. The van der Waals surface area contributed by atoms with E-state index in [0.717, 1.165) is 0 Å². The molecule has 1 unspecified atom stereocenters. The Hall–Kier alpha value is 0.120. The van der Waals surface area contributed by atoms with E-state index >= 15 is 0 Å². The Labute approximate surface area is 91.0 Å². The SMILES string of the molecule is O=P(Cl)(Oc1ccccc1)C(Cl)Cl. The minimum atomic E-state index is -3.48. The van der Waals surface area contributed by atoms with Crippen LogP contribution in [0.3, 0.4) is 0 Å². The first-order valence-electron chi connectivity index (χ1n) is 3.34. The number of para-hydroxylation sites is 1. The molecular weight excluding hydrogens is 253 g/mol. The van der Waals surface area contributed by atoms with Crippen LogP contribution in [0.15, 0.2) is 30.3 Å². The van der Waals surface area contributed by atoms with E-state index in [1.54, 1.807) is 30.3 Å². The number of hydrogen-bond donors (Lipinski definition) is 0. The average molecular weight is 259 g/mol. The van der Waals surface area contributed by atoms with Crippen molar-refractivity contribution in [3.63, 3.8) is 0 Å². The van der Waals surface area contributed by atoms with Crippen molar-refractivity contribution < 1.29 is 9.09 Å². The first-order valence-corrected chi connectivity index (χ1v) is 6.82. The summed E-state index contributed by atoms with van der Waals surface area (Å²) in [7, 11) is 0. The number of rotatable bonds is 3. The molecule has 1 rings (SSSR count). The molecule has 0 spiro atoms. The lowest BCUT2D eigenvalue weighted by atomic mass is 10.3. The Kier molecular flexibility index (Phi) is 3.93. The summed E-state index contributed by atoms with van der Waals surface area (Å²) in [5.74, 6) is 0.382. The smallest absolute Gasteiger partial charge is 0.368 e. The van der Waals surface area contributed by atoms with Gasteiger partial charge in [0.05, 0.1) is 0 Å². The third-order valence-corrected chi connectivity index (χ3v) is 5.07. The highest BCUT2D eigenvalue weighted by Gasteiger charge is 2.30. The molecule has 0 N–H and O–H groups in total. The number of halogens is 3. The zero-order valence-corrected chi connectivity index (χ0v) is 9.52. The van der Waals surface area contributed by atoms with Crippen molar-refractivity contribution in [2.75, 3.05) is 0 Å². The molecule has 0 saturated carbocycles. The fourth-order valence-electron chi connectivity index (χ4n) is 0.665. The Bertz CT molecular complexity index is 315. The van der Waals surface area contributed by atoms with Crippen molar-refractivity contribution in [1.82, 2.24) is 0 Å². The summed E-state index contributed by atoms with van der Waals surface area (Å²) in [5.41, 5.74) is 0. The van der Waals surface area contributed by atoms with Gasteiger partial charge in [0.2, 0.25) is 4.58 Å². The van der Waals surface area contributed by atoms with E-state index < -0.39 is 11.3 Å². The molecule has 2 nitrogen and oxygen atoms in total. The molecule has 1 atom stereocenters. The van der Waals surface area contributed by atoms with Crippen LogP contribution in [-0.2, 0) is 4.57 Å². The molecule has 0 heterocycles. The zero-order valence-electron chi connectivity index (χ0n) is 6.36. The van der Waals surface area contributed by atoms with Crippen LogP contribution in [0, 0.1) is 0 Å². The van der Waals surface area contributed by atoms with E-state index in [9.17, 15) is 4.57 Å². The highest BCUT2D eigenvalue weighted by Crippen LogP contribution is 2.59. The standard InChI is InChI=1S/C7H6Cl3O2P/c8-7(9)13(10,11)12-6-4-2-1-3-5-6/h1-5,7H. The summed E-state index contributed by atoms with van der Waals surface area (Å²) < 4.78 is 15.1. The van der Waals surface area contributed by atoms with Gasteiger partial charge < -0.3 is 4.52 Å². The summed E-state index contributed by atoms with van der Waals surface area (Å²) in [4.78, 5) is 0. The monoisotopic (exact) mass is 258 g/mol. The molecule has 0 aliphatic rings. The van der Waals surface area contributed by atoms with Crippen molar-refractivity contribution in [3.05, 3.63) is 30.3 Å². The first-order chi connectivity index (χ1) is 6.02. The van der Waals surface area contributed by atoms with Gasteiger partial charge in [-0.25, -0.2) is 0 Å². The van der Waals surface area contributed by atoms with Gasteiger partial charge in [-0.05, 0) is 23.4 Å². The molecular formula is C7H6Cl3O2P. The lowest BCUT2D eigenvalue weighted by Crippen LogP contribution is -1.93. The molecule has 1 aromatic rings. The van der Waals surface area contributed by atoms with Gasteiger partial charge in [-0.15, -0.1) is 0 Å². The van der Waals surface area contributed by atoms with Crippen LogP contribution in [0.25, 0.3) is 0 Å². The van der Waals surface area contributed by atoms with Crippen LogP contribution in [0.2, 0.25) is 0 Å². The molecule has 0 aromatic heterocycles. The maximum absolute atomic E-state index is 11.4. The van der Waals surface area contributed by atoms with Crippen LogP contribution >= 0.6 is 41.2 Å². The van der Waals surface area contributed by atoms with Gasteiger partial charge in [0, 0.05) is 0 Å². The largest absolute Gasteiger partial charge is 0.431 e. The lowest BCUT2D eigenvalue weighted by molar-refractivity contribution is 0.500. The quantitative estimate of drug-likeness (QED) is 0.599. The summed E-state index contributed by atoms with van der Waals surface area (Å²) in [6, 6.07) is 8.48. The number of hydrogen-bond acceptors (Lipinski definition) is 2. The van der Waals surface area contributed by atoms with E-state index in [1.807, 2.05) is 0 Å². The highest BCUT2D eigenvalue weighted by molar-refractivity contribution is 7.88. The molecule has 0 fully saturated rings. The third kappa shape index (κ3) is 3.40. The van der Waals surface area contributed by atoms with Crippen LogP contribution in [-0.4, -0.2) is 4.58 Å². The van der Waals surface area contributed by atoms with Gasteiger partial charge in [0.25, 0.3) is 0 Å². The molecule has 0 bridgehead atoms. The second-order valence-corrected chi connectivity index (χ2v) is 7.06. The Balaban J connectivity index is 2.76. The van der Waals surface area contributed by atoms with Gasteiger partial charge in [-0.1, -0.05) is 41.4 Å². The minimum absolute atomic E-state index is 0.382. The van der Waals surface area contributed by atoms with Crippen LogP contribution in [0.5, 0.6) is 5.75 Å². The molecule has 0 saturated heterocycles. The molecule has 0 radical (unpaired) electrons. The number of alkyl halides is 2. The normalized spacial score (nSPS) is 15.4. The fourth-order valence-corrected chi connectivity index (χ4v) is 1.63. The minimum Gasteiger partial charge on any atom is -0.431 e. The predicted octanol–water partition coefficient (Wildman–Crippen LogP) is 4.26. The molecule has 0 amide bonds. The van der Waals surface area contributed by atoms with Crippen molar-refractivity contribution in [2.24, 2.45) is 0 Å². The van der Waals surface area contributed by atoms with Crippen molar-refractivity contribution in [2.45, 2.75) is 4.58 Å². The van der Waals surface area contributed by atoms with E-state index in [1.165, 1.54) is 0 Å². The summed E-state index contributed by atoms with van der Waals surface area (Å²) in [5, 5.41) is 0. The summed E-state index contributed by atoms with van der Waals surface area (Å²) >= 11 is 16.2. The van der Waals surface area contributed by atoms with E-state index in [-0.39, 0.29) is 0 Å². The molecule has 6 heteroatoms. The highest BCUT2D eigenvalue weighted by atomic mass is 35.7. The average Bonchev–Trinajstić information content (AvgIpc) is 2.05. The summed E-state index contributed by atoms with van der Waals surface area (Å²) in [6.45, 7) is -3.48. The molecule has 1 aromatic carbocycles. The summed E-state index contributed by atoms with van der Waals surface area (Å²) in [6.07, 6.45) is 0. The predicted molar refractivity (Wildman–Crippen MR) is 56.0 cm³/mol. The molecule has 13 heavy (non-hydrogen) atoms. The van der Waals surface area contributed by atoms with Gasteiger partial charge in [0.15, 0.2) is 0 Å². The first kappa shape index (κ1) is 11.2. The maximum atomic E-state index is 11.4. The van der Waals surface area contributed by atoms with Crippen LogP contribution < -0.4 is 4.52 Å². The molecule has 72 valence electrons. The van der Waals surface area contributed by atoms with Crippen LogP contribution in [0.1, 0.15) is 0 Å². The van der Waals surface area contributed by atoms with Crippen molar-refractivity contribution >= 4 is 41.2 Å². The van der Waals surface area contributed by atoms with E-state index in [4.69, 9.17) is 39.0 Å². The number of benzene rings is 1. The third-order valence-electron chi connectivity index (χ3n) is 1.21. The van der Waals surface area contributed by atoms with Crippen molar-refractivity contribution in [3.8, 4) is 5.75 Å². The molecule has 0 aliphatic heterocycles. The zero-order chi connectivity index (χ0) is 9.90. The Morgan fingerprint density at radius 3 is 2.23 bits per heavy atom. The Morgan fingerprint density at radius 1 is 1.23 bits per heavy atom. The van der Waals surface area contributed by atoms with Gasteiger partial charge in [0.1, 0.15) is 5.75 Å². The van der Waals surface area contributed by atoms with Crippen molar-refractivity contribution in [1.29, 1.82) is 0 Å². The van der Waals surface area contributed by atoms with E-state index in [0.29, 0.717) is 5.75 Å². The lowest BCUT2D eigenvalue weighted by Gasteiger charge is -2.12. The van der Waals surface area contributed by atoms with Crippen LogP contribution in [0.4, 0.5) is 0 Å². The second-order valence-electron chi connectivity index (χ2n) is 2.20. The molecule has 0 aliphatic carbocycles. The van der Waals surface area contributed by atoms with E-state index in [2.05, 4.69) is 0 Å². The Morgan fingerprint density at radius 2 is 1.77 bits per heavy atom. The van der Waals surface area contributed by atoms with Gasteiger partial charge in [-0.3, -0.25) is 4.57 Å². The van der Waals surface area contributed by atoms with Gasteiger partial charge >= 0.3 is 6.72 Å². The van der Waals surface area contributed by atoms with Gasteiger partial charge in [-0.2, -0.15) is 0 Å². The topological polar surface area (TPSA) is 26.3 Å².